The van der Waals surface area contributed by atoms with Gasteiger partial charge in [-0.15, -0.1) is 0 Å². The monoisotopic (exact) mass is 455 g/mol. The molecule has 4 N–H and O–H groups in total. The van der Waals surface area contributed by atoms with Gasteiger partial charge in [-0.25, -0.2) is 0 Å². The molecule has 0 bridgehead atoms. The van der Waals surface area contributed by atoms with Gasteiger partial charge < -0.3 is 30.2 Å². The Morgan fingerprint density at radius 1 is 1.18 bits per heavy atom. The zero-order chi connectivity index (χ0) is 24.2. The molecule has 0 unspecified atom stereocenters. The van der Waals surface area contributed by atoms with Crippen LogP contribution in [0.25, 0.3) is 0 Å². The molecule has 2 aliphatic rings. The van der Waals surface area contributed by atoms with Crippen LogP contribution in [-0.4, -0.2) is 68.7 Å². The Balaban J connectivity index is 0.000000411. The fourth-order valence-corrected chi connectivity index (χ4v) is 3.25. The number of nitrogens with one attached hydrogen (secondary N) is 2. The molecule has 0 spiro atoms. The second-order valence-corrected chi connectivity index (χ2v) is 7.87. The van der Waals surface area contributed by atoms with Gasteiger partial charge in [0.2, 0.25) is 0 Å². The van der Waals surface area contributed by atoms with Crippen molar-refractivity contribution in [2.45, 2.75) is 25.7 Å². The van der Waals surface area contributed by atoms with Crippen molar-refractivity contribution in [3.05, 3.63) is 35.0 Å². The third-order valence-corrected chi connectivity index (χ3v) is 5.28. The Bertz CT molecular complexity index is 947. The number of hydrogen-bond donors (Lipinski definition) is 3. The molecule has 1 aliphatic heterocycles. The number of nitrogens with zero attached hydrogens (tertiary/aromatic N) is 2. The van der Waals surface area contributed by atoms with Crippen LogP contribution in [0.2, 0.25) is 0 Å². The molecule has 9 nitrogen and oxygen atoms in total. The Hall–Kier alpha value is -3.51. The Kier molecular flexibility index (Phi) is 10.2. The Labute approximate surface area is 195 Å². The molecule has 1 amide bonds. The average Bonchev–Trinajstić information content (AvgIpc) is 3.38. The zero-order valence-electron chi connectivity index (χ0n) is 19.6. The van der Waals surface area contributed by atoms with Crippen molar-refractivity contribution >= 4 is 18.5 Å². The second kappa shape index (κ2) is 13.1. The first-order chi connectivity index (χ1) is 16.0. The third-order valence-electron chi connectivity index (χ3n) is 5.28. The van der Waals surface area contributed by atoms with Crippen LogP contribution < -0.4 is 20.5 Å². The summed E-state index contributed by atoms with van der Waals surface area (Å²) < 4.78 is 10.4. The first kappa shape index (κ1) is 25.7. The van der Waals surface area contributed by atoms with Gasteiger partial charge in [0.05, 0.1) is 14.2 Å². The highest BCUT2D eigenvalue weighted by atomic mass is 16.5. The molecule has 9 heteroatoms. The van der Waals surface area contributed by atoms with Gasteiger partial charge in [0, 0.05) is 18.2 Å². The minimum Gasteiger partial charge on any atom is -0.497 e. The van der Waals surface area contributed by atoms with Crippen LogP contribution in [0.3, 0.4) is 0 Å². The number of hydrogen-bond acceptors (Lipinski definition) is 7. The van der Waals surface area contributed by atoms with Crippen LogP contribution in [0.5, 0.6) is 11.5 Å². The molecule has 1 saturated carbocycles. The molecular weight excluding hydrogens is 422 g/mol. The molecule has 1 aromatic carbocycles. The number of primary amides is 1. The molecule has 0 atom stereocenters. The zero-order valence-corrected chi connectivity index (χ0v) is 19.6. The highest BCUT2D eigenvalue weighted by Crippen LogP contribution is 2.29. The summed E-state index contributed by atoms with van der Waals surface area (Å²) in [6, 6.07) is 5.32. The number of methoxy groups -OCH3 is 2. The van der Waals surface area contributed by atoms with E-state index in [1.807, 2.05) is 6.79 Å². The highest BCUT2D eigenvalue weighted by Gasteiger charge is 2.23. The molecule has 4 rings (SSSR count). The molecular formula is C24H33N5O4. The summed E-state index contributed by atoms with van der Waals surface area (Å²) in [4.78, 5) is 22.2. The summed E-state index contributed by atoms with van der Waals surface area (Å²) in [6.07, 6.45) is 5.23. The van der Waals surface area contributed by atoms with E-state index in [2.05, 4.69) is 39.3 Å². The molecule has 2 fully saturated rings. The van der Waals surface area contributed by atoms with E-state index in [9.17, 15) is 4.79 Å². The van der Waals surface area contributed by atoms with Gasteiger partial charge in [0.1, 0.15) is 29.5 Å². The molecule has 33 heavy (non-hydrogen) atoms. The van der Waals surface area contributed by atoms with Gasteiger partial charge in [0.25, 0.3) is 5.91 Å². The van der Waals surface area contributed by atoms with E-state index in [0.29, 0.717) is 34.5 Å². The van der Waals surface area contributed by atoms with E-state index < -0.39 is 5.91 Å². The van der Waals surface area contributed by atoms with Gasteiger partial charge >= 0.3 is 0 Å². The number of rotatable bonds is 6. The summed E-state index contributed by atoms with van der Waals surface area (Å²) in [6.45, 7) is 5.42. The van der Waals surface area contributed by atoms with E-state index in [4.69, 9.17) is 20.0 Å². The van der Waals surface area contributed by atoms with E-state index >= 15 is 0 Å². The molecule has 2 heterocycles. The van der Waals surface area contributed by atoms with Crippen LogP contribution in [0.1, 0.15) is 47.3 Å². The van der Waals surface area contributed by atoms with Crippen molar-refractivity contribution in [2.75, 3.05) is 46.2 Å². The van der Waals surface area contributed by atoms with Crippen LogP contribution in [-0.2, 0) is 4.79 Å². The van der Waals surface area contributed by atoms with Crippen molar-refractivity contribution in [1.82, 2.24) is 15.1 Å². The molecule has 178 valence electrons. The van der Waals surface area contributed by atoms with E-state index in [1.165, 1.54) is 38.8 Å². The largest absolute Gasteiger partial charge is 0.497 e. The quantitative estimate of drug-likeness (QED) is 0.571. The number of benzene rings is 1. The van der Waals surface area contributed by atoms with Crippen LogP contribution in [0.15, 0.2) is 18.2 Å². The average molecular weight is 456 g/mol. The van der Waals surface area contributed by atoms with Gasteiger partial charge in [0.15, 0.2) is 5.82 Å². The predicted octanol–water partition coefficient (Wildman–Crippen LogP) is 2.27. The lowest BCUT2D eigenvalue weighted by Gasteiger charge is -2.04. The maximum Gasteiger partial charge on any atom is 0.255 e. The van der Waals surface area contributed by atoms with Crippen molar-refractivity contribution in [3.63, 3.8) is 0 Å². The molecule has 1 saturated heterocycles. The molecule has 0 radical (unpaired) electrons. The lowest BCUT2D eigenvalue weighted by atomic mass is 10.1. The van der Waals surface area contributed by atoms with Crippen LogP contribution in [0.4, 0.5) is 5.82 Å². The van der Waals surface area contributed by atoms with Gasteiger partial charge in [-0.3, -0.25) is 9.89 Å². The standard InChI is InChI=1S/C18H20N4O3.C5H11N.CH2O/c1-24-13-7-12(8-14(9-13)25-2)5-6-15-16(17(19)23)18(22-21-15)20-10-11-3-4-11;1-6-4-2-3-5-6;1-2/h7-9,11H,3-4,10H2,1-2H3,(H2,19,23)(H2,20,21,22);2-5H2,1H3;1H2. The van der Waals surface area contributed by atoms with Crippen LogP contribution in [0, 0.1) is 17.8 Å². The smallest absolute Gasteiger partial charge is 0.255 e. The third kappa shape index (κ3) is 8.16. The minimum atomic E-state index is -0.570. The van der Waals surface area contributed by atoms with Gasteiger partial charge in [-0.1, -0.05) is 5.92 Å². The van der Waals surface area contributed by atoms with Crippen molar-refractivity contribution < 1.29 is 19.1 Å². The van der Waals surface area contributed by atoms with Crippen molar-refractivity contribution in [1.29, 1.82) is 0 Å². The topological polar surface area (TPSA) is 123 Å². The number of ether oxygens (including phenoxy) is 2. The lowest BCUT2D eigenvalue weighted by molar-refractivity contribution is -0.0980. The van der Waals surface area contributed by atoms with E-state index in [1.54, 1.807) is 32.4 Å². The SMILES string of the molecule is C=O.CN1CCCC1.COc1cc(C#Cc2[nH]nc(NCC3CC3)c2C(N)=O)cc(OC)c1. The van der Waals surface area contributed by atoms with Gasteiger partial charge in [-0.05, 0) is 69.8 Å². The van der Waals surface area contributed by atoms with E-state index in [-0.39, 0.29) is 5.56 Å². The first-order valence-electron chi connectivity index (χ1n) is 10.8. The molecule has 1 aliphatic carbocycles. The maximum atomic E-state index is 11.8. The number of aromatic nitrogens is 2. The highest BCUT2D eigenvalue weighted by molar-refractivity contribution is 5.99. The minimum absolute atomic E-state index is 0.281. The number of carbonyl (C=O) groups excluding carboxylic acids is 2. The molecule has 2 aromatic rings. The second-order valence-electron chi connectivity index (χ2n) is 7.87. The Morgan fingerprint density at radius 2 is 1.79 bits per heavy atom. The van der Waals surface area contributed by atoms with Crippen molar-refractivity contribution in [2.24, 2.45) is 11.7 Å². The number of nitrogens with two attached hydrogens (primary N) is 1. The summed E-state index contributed by atoms with van der Waals surface area (Å²) in [5, 5.41) is 10.1. The predicted molar refractivity (Wildman–Crippen MR) is 128 cm³/mol. The summed E-state index contributed by atoms with van der Waals surface area (Å²) >= 11 is 0. The maximum absolute atomic E-state index is 11.8. The normalized spacial score (nSPS) is 14.5. The number of carbonyl (C=O) groups is 2. The fraction of sp³-hybridized carbons (Fsp3) is 0.458. The lowest BCUT2D eigenvalue weighted by Crippen LogP contribution is -2.15. The summed E-state index contributed by atoms with van der Waals surface area (Å²) in [5.74, 6) is 7.70. The summed E-state index contributed by atoms with van der Waals surface area (Å²) in [7, 11) is 5.32. The number of anilines is 1. The number of likely N-dealkylation sites (tertiary alicyclic amines) is 1. The number of H-pyrrole nitrogens is 1. The Morgan fingerprint density at radius 3 is 2.24 bits per heavy atom. The summed E-state index contributed by atoms with van der Waals surface area (Å²) in [5.41, 5.74) is 6.85. The number of aromatic amines is 1. The van der Waals surface area contributed by atoms with E-state index in [0.717, 1.165) is 6.54 Å². The number of amides is 1. The van der Waals surface area contributed by atoms with Crippen LogP contribution >= 0.6 is 0 Å². The van der Waals surface area contributed by atoms with Crippen molar-refractivity contribution in [3.8, 4) is 23.3 Å². The fourth-order valence-electron chi connectivity index (χ4n) is 3.25. The molecule has 1 aromatic heterocycles. The van der Waals surface area contributed by atoms with Gasteiger partial charge in [-0.2, -0.15) is 5.10 Å². The first-order valence-corrected chi connectivity index (χ1v) is 10.8.